The molecule has 0 amide bonds. The van der Waals surface area contributed by atoms with Gasteiger partial charge in [0.15, 0.2) is 12.4 Å². The predicted octanol–water partition coefficient (Wildman–Crippen LogP) is 0.215. The number of hydrogen-bond donors (Lipinski definition) is 2. The second kappa shape index (κ2) is 5.06. The maximum absolute atomic E-state index is 14.0. The molecule has 2 rings (SSSR count). The number of nitrogen functional groups attached to an aromatic ring is 1. The van der Waals surface area contributed by atoms with E-state index >= 15 is 0 Å². The molecule has 3 N–H and O–H groups in total. The minimum atomic E-state index is -1.87. The lowest BCUT2D eigenvalue weighted by Gasteiger charge is -2.16. The smallest absolute Gasteiger partial charge is 0.351 e. The van der Waals surface area contributed by atoms with Crippen LogP contribution in [0.3, 0.4) is 0 Å². The summed E-state index contributed by atoms with van der Waals surface area (Å²) in [6.07, 6.45) is -3.01. The van der Waals surface area contributed by atoms with Crippen LogP contribution in [0.15, 0.2) is 22.9 Å². The van der Waals surface area contributed by atoms with E-state index < -0.39 is 30.8 Å². The molecule has 6 nitrogen and oxygen atoms in total. The van der Waals surface area contributed by atoms with Gasteiger partial charge in [-0.1, -0.05) is 0 Å². The van der Waals surface area contributed by atoms with Crippen molar-refractivity contribution in [3.05, 3.63) is 34.1 Å². The molecule has 1 aliphatic rings. The first-order valence-electron chi connectivity index (χ1n) is 5.55. The number of ether oxygens (including phenoxy) is 1. The van der Waals surface area contributed by atoms with E-state index in [1.165, 1.54) is 6.20 Å². The molecule has 1 aromatic rings. The lowest BCUT2D eigenvalue weighted by molar-refractivity contribution is -0.0375. The van der Waals surface area contributed by atoms with Crippen molar-refractivity contribution in [1.82, 2.24) is 9.55 Å². The summed E-state index contributed by atoms with van der Waals surface area (Å²) < 4.78 is 32.7. The molecule has 1 fully saturated rings. The van der Waals surface area contributed by atoms with Gasteiger partial charge in [0.25, 0.3) is 0 Å². The lowest BCUT2D eigenvalue weighted by Crippen LogP contribution is -2.31. The zero-order valence-corrected chi connectivity index (χ0v) is 10.1. The van der Waals surface area contributed by atoms with Crippen molar-refractivity contribution in [1.29, 1.82) is 0 Å². The Bertz CT molecular complexity index is 573. The molecule has 19 heavy (non-hydrogen) atoms. The summed E-state index contributed by atoms with van der Waals surface area (Å²) in [4.78, 5) is 15.2. The van der Waals surface area contributed by atoms with E-state index in [-0.39, 0.29) is 17.7 Å². The Hall–Kier alpha value is -1.80. The fraction of sp³-hybridized carbons (Fsp3) is 0.455. The Labute approximate surface area is 107 Å². The Morgan fingerprint density at radius 1 is 1.68 bits per heavy atom. The van der Waals surface area contributed by atoms with E-state index in [0.29, 0.717) is 5.56 Å². The van der Waals surface area contributed by atoms with Crippen molar-refractivity contribution >= 4 is 5.82 Å². The van der Waals surface area contributed by atoms with Gasteiger partial charge in [-0.2, -0.15) is 4.98 Å². The number of nitrogens with two attached hydrogens (primary N) is 1. The molecule has 0 spiro atoms. The molecule has 0 aliphatic carbocycles. The number of alkyl halides is 1. The average Bonchev–Trinajstić information content (AvgIpc) is 2.70. The van der Waals surface area contributed by atoms with Crippen LogP contribution in [-0.2, 0) is 4.74 Å². The molecule has 2 heterocycles. The highest BCUT2D eigenvalue weighted by Crippen LogP contribution is 2.35. The van der Waals surface area contributed by atoms with Crippen LogP contribution in [-0.4, -0.2) is 33.5 Å². The summed E-state index contributed by atoms with van der Waals surface area (Å²) in [6.45, 7) is 1.01. The van der Waals surface area contributed by atoms with Gasteiger partial charge in [0.05, 0.1) is 12.9 Å². The second-order valence-electron chi connectivity index (χ2n) is 4.21. The number of nitrogens with zero attached hydrogens (tertiary/aromatic N) is 2. The van der Waals surface area contributed by atoms with Gasteiger partial charge < -0.3 is 15.6 Å². The Morgan fingerprint density at radius 3 is 2.89 bits per heavy atom. The highest BCUT2D eigenvalue weighted by atomic mass is 19.1. The lowest BCUT2D eigenvalue weighted by atomic mass is 10.1. The van der Waals surface area contributed by atoms with Crippen LogP contribution in [0.1, 0.15) is 11.8 Å². The van der Waals surface area contributed by atoms with Crippen LogP contribution in [0.4, 0.5) is 14.6 Å². The molecule has 0 aromatic carbocycles. The number of anilines is 1. The largest absolute Gasteiger partial charge is 0.393 e. The molecule has 8 heteroatoms. The molecule has 3 atom stereocenters. The van der Waals surface area contributed by atoms with Crippen molar-refractivity contribution in [3.63, 3.8) is 0 Å². The summed E-state index contributed by atoms with van der Waals surface area (Å²) in [5.74, 6) is 0.0367. The predicted molar refractivity (Wildman–Crippen MR) is 62.7 cm³/mol. The number of hydrogen-bond acceptors (Lipinski definition) is 5. The van der Waals surface area contributed by atoms with E-state index in [1.54, 1.807) is 6.92 Å². The first-order valence-corrected chi connectivity index (χ1v) is 5.55. The minimum Gasteiger partial charge on any atom is -0.393 e. The maximum Gasteiger partial charge on any atom is 0.351 e. The highest BCUT2D eigenvalue weighted by molar-refractivity contribution is 5.35. The van der Waals surface area contributed by atoms with Crippen molar-refractivity contribution in [3.8, 4) is 0 Å². The molecule has 0 radical (unpaired) electrons. The molecule has 0 bridgehead atoms. The fourth-order valence-electron chi connectivity index (χ4n) is 1.90. The van der Waals surface area contributed by atoms with E-state index in [2.05, 4.69) is 4.98 Å². The number of aromatic nitrogens is 2. The summed E-state index contributed by atoms with van der Waals surface area (Å²) in [5.41, 5.74) is 4.79. The highest BCUT2D eigenvalue weighted by Gasteiger charge is 2.42. The fourth-order valence-corrected chi connectivity index (χ4v) is 1.90. The average molecular weight is 273 g/mol. The Morgan fingerprint density at radius 2 is 2.37 bits per heavy atom. The van der Waals surface area contributed by atoms with Gasteiger partial charge in [-0.25, -0.2) is 13.6 Å². The molecule has 1 aromatic heterocycles. The van der Waals surface area contributed by atoms with Crippen LogP contribution in [0.2, 0.25) is 0 Å². The second-order valence-corrected chi connectivity index (χ2v) is 4.21. The molecular weight excluding hydrogens is 260 g/mol. The molecule has 104 valence electrons. The van der Waals surface area contributed by atoms with E-state index in [1.807, 2.05) is 0 Å². The van der Waals surface area contributed by atoms with Crippen LogP contribution >= 0.6 is 0 Å². The van der Waals surface area contributed by atoms with Gasteiger partial charge in [-0.05, 0) is 6.92 Å². The van der Waals surface area contributed by atoms with Crippen molar-refractivity contribution in [2.24, 2.45) is 0 Å². The summed E-state index contributed by atoms with van der Waals surface area (Å²) in [6, 6.07) is 0. The van der Waals surface area contributed by atoms with Gasteiger partial charge >= 0.3 is 5.69 Å². The van der Waals surface area contributed by atoms with Gasteiger partial charge in [-0.15, -0.1) is 0 Å². The van der Waals surface area contributed by atoms with E-state index in [0.717, 1.165) is 4.57 Å². The number of rotatable bonds is 2. The van der Waals surface area contributed by atoms with Crippen LogP contribution in [0.5, 0.6) is 0 Å². The third kappa shape index (κ3) is 2.24. The number of halogens is 2. The summed E-state index contributed by atoms with van der Waals surface area (Å²) in [7, 11) is 0. The monoisotopic (exact) mass is 273 g/mol. The number of aryl methyl sites for hydroxylation is 1. The summed E-state index contributed by atoms with van der Waals surface area (Å²) >= 11 is 0. The quantitative estimate of drug-likeness (QED) is 0.804. The third-order valence-electron chi connectivity index (χ3n) is 2.98. The SMILES string of the molecule is Cc1cn(C2OC(CO)/C(=C/F)C2F)c(=O)nc1N. The number of aliphatic hydroxyl groups excluding tert-OH is 1. The third-order valence-corrected chi connectivity index (χ3v) is 2.98. The molecule has 0 saturated carbocycles. The zero-order valence-electron chi connectivity index (χ0n) is 10.1. The van der Waals surface area contributed by atoms with Crippen LogP contribution in [0, 0.1) is 6.92 Å². The van der Waals surface area contributed by atoms with Crippen LogP contribution in [0.25, 0.3) is 0 Å². The van der Waals surface area contributed by atoms with Gasteiger partial charge in [0.1, 0.15) is 11.9 Å². The molecule has 3 unspecified atom stereocenters. The van der Waals surface area contributed by atoms with Gasteiger partial charge in [0.2, 0.25) is 0 Å². The van der Waals surface area contributed by atoms with Crippen molar-refractivity contribution < 1.29 is 18.6 Å². The molecule has 1 saturated heterocycles. The molecule has 1 aliphatic heterocycles. The Balaban J connectivity index is 2.44. The topological polar surface area (TPSA) is 90.4 Å². The van der Waals surface area contributed by atoms with Crippen molar-refractivity contribution in [2.75, 3.05) is 12.3 Å². The van der Waals surface area contributed by atoms with E-state index in [9.17, 15) is 13.6 Å². The molecular formula is C11H13F2N3O3. The first kappa shape index (κ1) is 13.6. The maximum atomic E-state index is 14.0. The van der Waals surface area contributed by atoms with E-state index in [4.69, 9.17) is 15.6 Å². The van der Waals surface area contributed by atoms with Crippen LogP contribution < -0.4 is 11.4 Å². The standard InChI is InChI=1S/C11H13F2N3O3/c1-5-3-16(11(18)15-9(5)14)10-8(13)6(2-12)7(4-17)19-10/h2-3,7-8,10,17H,4H2,1H3,(H2,14,15,18)/b6-2-. The van der Waals surface area contributed by atoms with Gasteiger partial charge in [0, 0.05) is 17.3 Å². The zero-order chi connectivity index (χ0) is 14.2. The summed E-state index contributed by atoms with van der Waals surface area (Å²) in [5, 5.41) is 9.00. The number of aliphatic hydroxyl groups is 1. The normalized spacial score (nSPS) is 29.1. The first-order chi connectivity index (χ1) is 8.99. The van der Waals surface area contributed by atoms with Crippen molar-refractivity contribution in [2.45, 2.75) is 25.4 Å². The minimum absolute atomic E-state index is 0.0367. The van der Waals surface area contributed by atoms with Gasteiger partial charge in [-0.3, -0.25) is 4.57 Å². The Kier molecular flexibility index (Phi) is 3.63.